The summed E-state index contributed by atoms with van der Waals surface area (Å²) in [6, 6.07) is 0. The minimum atomic E-state index is 0.318. The molecule has 0 radical (unpaired) electrons. The maximum Gasteiger partial charge on any atom is 0.0177 e. The first-order valence-corrected chi connectivity index (χ1v) is 5.95. The Morgan fingerprint density at radius 1 is 1.00 bits per heavy atom. The van der Waals surface area contributed by atoms with Crippen molar-refractivity contribution in [2.24, 2.45) is 11.3 Å². The Morgan fingerprint density at radius 2 is 1.57 bits per heavy atom. The van der Waals surface area contributed by atoms with E-state index in [0.29, 0.717) is 5.41 Å². The second-order valence-corrected chi connectivity index (χ2v) is 5.45. The summed E-state index contributed by atoms with van der Waals surface area (Å²) in [7, 11) is 0. The molecule has 2 heteroatoms. The molecule has 0 atom stereocenters. The number of rotatable bonds is 7. The van der Waals surface area contributed by atoms with Gasteiger partial charge < -0.3 is 0 Å². The second-order valence-electron chi connectivity index (χ2n) is 5.45. The zero-order valence-electron chi connectivity index (χ0n) is 10.5. The van der Waals surface area contributed by atoms with Gasteiger partial charge in [0, 0.05) is 13.1 Å². The highest BCUT2D eigenvalue weighted by Gasteiger charge is 2.13. The minimum absolute atomic E-state index is 0.318. The van der Waals surface area contributed by atoms with Crippen LogP contribution < -0.4 is 5.84 Å². The molecule has 0 aromatic rings. The van der Waals surface area contributed by atoms with Crippen LogP contribution in [0.3, 0.4) is 0 Å². The lowest BCUT2D eigenvalue weighted by atomic mass is 9.96. The Hall–Kier alpha value is -0.0800. The molecule has 0 rings (SSSR count). The van der Waals surface area contributed by atoms with Crippen LogP contribution in [-0.2, 0) is 0 Å². The fourth-order valence-corrected chi connectivity index (χ4v) is 1.61. The summed E-state index contributed by atoms with van der Waals surface area (Å²) in [4.78, 5) is 0. The summed E-state index contributed by atoms with van der Waals surface area (Å²) in [6.07, 6.45) is 6.61. The molecule has 0 aromatic heterocycles. The lowest BCUT2D eigenvalue weighted by molar-refractivity contribution is 0.191. The van der Waals surface area contributed by atoms with Crippen LogP contribution >= 0.6 is 0 Å². The first-order chi connectivity index (χ1) is 6.45. The van der Waals surface area contributed by atoms with Gasteiger partial charge in [-0.2, -0.15) is 0 Å². The number of nitrogens with two attached hydrogens (primary N) is 1. The number of unbranched alkanes of at least 4 members (excludes halogenated alkanes) is 4. The molecule has 86 valence electrons. The van der Waals surface area contributed by atoms with Crippen molar-refractivity contribution in [3.63, 3.8) is 0 Å². The minimum Gasteiger partial charge on any atom is -0.269 e. The predicted octanol–water partition coefficient (Wildman–Crippen LogP) is 3.18. The van der Waals surface area contributed by atoms with Crippen LogP contribution in [0.25, 0.3) is 0 Å². The van der Waals surface area contributed by atoms with Gasteiger partial charge in [0.05, 0.1) is 0 Å². The average Bonchev–Trinajstić information content (AvgIpc) is 2.00. The second kappa shape index (κ2) is 7.24. The highest BCUT2D eigenvalue weighted by Crippen LogP contribution is 2.13. The van der Waals surface area contributed by atoms with Gasteiger partial charge in [0.2, 0.25) is 0 Å². The fraction of sp³-hybridized carbons (Fsp3) is 1.00. The Labute approximate surface area is 89.8 Å². The summed E-state index contributed by atoms with van der Waals surface area (Å²) < 4.78 is 0. The Bertz CT molecular complexity index is 127. The van der Waals surface area contributed by atoms with E-state index in [4.69, 9.17) is 5.84 Å². The largest absolute Gasteiger partial charge is 0.269 e. The van der Waals surface area contributed by atoms with E-state index in [1.54, 1.807) is 0 Å². The van der Waals surface area contributed by atoms with Gasteiger partial charge in [0.1, 0.15) is 0 Å². The molecule has 0 bridgehead atoms. The highest BCUT2D eigenvalue weighted by atomic mass is 15.4. The maximum atomic E-state index is 5.91. The molecular weight excluding hydrogens is 172 g/mol. The molecule has 0 aromatic carbocycles. The molecular formula is C12H28N2. The first-order valence-electron chi connectivity index (χ1n) is 5.95. The number of nitrogens with zero attached hydrogens (tertiary/aromatic N) is 1. The van der Waals surface area contributed by atoms with E-state index >= 15 is 0 Å². The molecule has 0 aliphatic rings. The average molecular weight is 200 g/mol. The molecule has 0 unspecified atom stereocenters. The SMILES string of the molecule is CCCCCCCN(N)CC(C)(C)C. The monoisotopic (exact) mass is 200 g/mol. The molecule has 0 amide bonds. The molecule has 0 fully saturated rings. The third-order valence-corrected chi connectivity index (χ3v) is 2.23. The zero-order chi connectivity index (χ0) is 11.0. The van der Waals surface area contributed by atoms with Crippen LogP contribution in [0, 0.1) is 5.41 Å². The third kappa shape index (κ3) is 10.0. The van der Waals surface area contributed by atoms with Gasteiger partial charge in [-0.25, -0.2) is 5.01 Å². The zero-order valence-corrected chi connectivity index (χ0v) is 10.5. The van der Waals surface area contributed by atoms with Gasteiger partial charge in [0.25, 0.3) is 0 Å². The number of hydrogen-bond acceptors (Lipinski definition) is 2. The van der Waals surface area contributed by atoms with Gasteiger partial charge in [-0.3, -0.25) is 5.84 Å². The lowest BCUT2D eigenvalue weighted by Crippen LogP contribution is -2.38. The van der Waals surface area contributed by atoms with Crippen LogP contribution in [0.1, 0.15) is 59.8 Å². The van der Waals surface area contributed by atoms with Gasteiger partial charge in [-0.05, 0) is 11.8 Å². The van der Waals surface area contributed by atoms with Crippen molar-refractivity contribution in [3.8, 4) is 0 Å². The van der Waals surface area contributed by atoms with E-state index in [1.165, 1.54) is 32.1 Å². The molecule has 14 heavy (non-hydrogen) atoms. The molecule has 0 aliphatic heterocycles. The molecule has 0 spiro atoms. The van der Waals surface area contributed by atoms with Crippen molar-refractivity contribution in [3.05, 3.63) is 0 Å². The predicted molar refractivity (Wildman–Crippen MR) is 64.0 cm³/mol. The summed E-state index contributed by atoms with van der Waals surface area (Å²) in [5, 5.41) is 1.96. The van der Waals surface area contributed by atoms with E-state index in [2.05, 4.69) is 27.7 Å². The maximum absolute atomic E-state index is 5.91. The topological polar surface area (TPSA) is 29.3 Å². The van der Waals surface area contributed by atoms with Crippen molar-refractivity contribution in [1.82, 2.24) is 5.01 Å². The molecule has 0 heterocycles. The van der Waals surface area contributed by atoms with E-state index in [-0.39, 0.29) is 0 Å². The van der Waals surface area contributed by atoms with Crippen molar-refractivity contribution < 1.29 is 0 Å². The number of hydrogen-bond donors (Lipinski definition) is 1. The van der Waals surface area contributed by atoms with Crippen LogP contribution in [0.5, 0.6) is 0 Å². The Kier molecular flexibility index (Phi) is 7.20. The standard InChI is InChI=1S/C12H28N2/c1-5-6-7-8-9-10-14(13)11-12(2,3)4/h5-11,13H2,1-4H3. The summed E-state index contributed by atoms with van der Waals surface area (Å²) in [5.41, 5.74) is 0.318. The lowest BCUT2D eigenvalue weighted by Gasteiger charge is -2.25. The van der Waals surface area contributed by atoms with Crippen LogP contribution in [-0.4, -0.2) is 18.1 Å². The smallest absolute Gasteiger partial charge is 0.0177 e. The third-order valence-electron chi connectivity index (χ3n) is 2.23. The molecule has 2 N–H and O–H groups in total. The molecule has 0 saturated heterocycles. The Morgan fingerprint density at radius 3 is 2.07 bits per heavy atom. The Balaban J connectivity index is 3.31. The van der Waals surface area contributed by atoms with Gasteiger partial charge in [0.15, 0.2) is 0 Å². The number of hydrazine groups is 1. The van der Waals surface area contributed by atoms with E-state index < -0.39 is 0 Å². The summed E-state index contributed by atoms with van der Waals surface area (Å²) in [5.74, 6) is 5.91. The summed E-state index contributed by atoms with van der Waals surface area (Å²) in [6.45, 7) is 11.0. The van der Waals surface area contributed by atoms with Crippen molar-refractivity contribution >= 4 is 0 Å². The van der Waals surface area contributed by atoms with Gasteiger partial charge >= 0.3 is 0 Å². The van der Waals surface area contributed by atoms with E-state index in [0.717, 1.165) is 13.1 Å². The van der Waals surface area contributed by atoms with E-state index in [1.807, 2.05) is 5.01 Å². The van der Waals surface area contributed by atoms with Crippen molar-refractivity contribution in [2.45, 2.75) is 59.8 Å². The quantitative estimate of drug-likeness (QED) is 0.388. The van der Waals surface area contributed by atoms with Crippen molar-refractivity contribution in [1.29, 1.82) is 0 Å². The summed E-state index contributed by atoms with van der Waals surface area (Å²) >= 11 is 0. The van der Waals surface area contributed by atoms with E-state index in [9.17, 15) is 0 Å². The molecule has 0 saturated carbocycles. The van der Waals surface area contributed by atoms with Crippen LogP contribution in [0.15, 0.2) is 0 Å². The fourth-order valence-electron chi connectivity index (χ4n) is 1.61. The van der Waals surface area contributed by atoms with Crippen LogP contribution in [0.2, 0.25) is 0 Å². The molecule has 2 nitrogen and oxygen atoms in total. The molecule has 0 aliphatic carbocycles. The van der Waals surface area contributed by atoms with Gasteiger partial charge in [-0.1, -0.05) is 53.4 Å². The van der Waals surface area contributed by atoms with Gasteiger partial charge in [-0.15, -0.1) is 0 Å². The van der Waals surface area contributed by atoms with Crippen LogP contribution in [0.4, 0.5) is 0 Å². The van der Waals surface area contributed by atoms with Crippen molar-refractivity contribution in [2.75, 3.05) is 13.1 Å². The highest BCUT2D eigenvalue weighted by molar-refractivity contribution is 4.65. The first kappa shape index (κ1) is 13.9. The normalized spacial score (nSPS) is 12.4.